The SMILES string of the molecule is CCN(C1CC1)C(CN)c1ccncc1. The van der Waals surface area contributed by atoms with Crippen LogP contribution in [0, 0.1) is 0 Å². The van der Waals surface area contributed by atoms with Gasteiger partial charge < -0.3 is 5.73 Å². The molecule has 1 unspecified atom stereocenters. The lowest BCUT2D eigenvalue weighted by atomic mass is 10.1. The average Bonchev–Trinajstić information content (AvgIpc) is 3.11. The Morgan fingerprint density at radius 1 is 1.47 bits per heavy atom. The first-order valence-corrected chi connectivity index (χ1v) is 5.72. The highest BCUT2D eigenvalue weighted by molar-refractivity contribution is 5.16. The fourth-order valence-corrected chi connectivity index (χ4v) is 2.19. The fraction of sp³-hybridized carbons (Fsp3) is 0.583. The van der Waals surface area contributed by atoms with Crippen LogP contribution in [-0.4, -0.2) is 29.0 Å². The van der Waals surface area contributed by atoms with Gasteiger partial charge in [-0.25, -0.2) is 0 Å². The van der Waals surface area contributed by atoms with E-state index in [1.807, 2.05) is 12.4 Å². The van der Waals surface area contributed by atoms with Crippen LogP contribution in [0.4, 0.5) is 0 Å². The Labute approximate surface area is 91.3 Å². The van der Waals surface area contributed by atoms with Crippen molar-refractivity contribution in [3.05, 3.63) is 30.1 Å². The van der Waals surface area contributed by atoms with E-state index in [2.05, 4.69) is 28.9 Å². The molecule has 1 aromatic heterocycles. The predicted molar refractivity (Wildman–Crippen MR) is 61.4 cm³/mol. The first kappa shape index (κ1) is 10.6. The molecular weight excluding hydrogens is 186 g/mol. The number of aromatic nitrogens is 1. The van der Waals surface area contributed by atoms with Crippen molar-refractivity contribution in [2.45, 2.75) is 31.8 Å². The second kappa shape index (κ2) is 4.73. The molecule has 1 saturated carbocycles. The molecule has 1 atom stereocenters. The molecule has 0 saturated heterocycles. The Morgan fingerprint density at radius 2 is 2.13 bits per heavy atom. The zero-order valence-electron chi connectivity index (χ0n) is 9.26. The van der Waals surface area contributed by atoms with Gasteiger partial charge in [0.05, 0.1) is 0 Å². The van der Waals surface area contributed by atoms with Gasteiger partial charge in [-0.1, -0.05) is 6.92 Å². The first-order chi connectivity index (χ1) is 7.36. The molecule has 1 heterocycles. The molecule has 0 amide bonds. The predicted octanol–water partition coefficient (Wildman–Crippen LogP) is 1.57. The first-order valence-electron chi connectivity index (χ1n) is 5.72. The number of nitrogens with two attached hydrogens (primary N) is 1. The second-order valence-corrected chi connectivity index (χ2v) is 4.09. The molecule has 82 valence electrons. The van der Waals surface area contributed by atoms with Gasteiger partial charge in [-0.3, -0.25) is 9.88 Å². The van der Waals surface area contributed by atoms with Crippen molar-refractivity contribution in [3.8, 4) is 0 Å². The third-order valence-corrected chi connectivity index (χ3v) is 3.10. The Hall–Kier alpha value is -0.930. The quantitative estimate of drug-likeness (QED) is 0.793. The summed E-state index contributed by atoms with van der Waals surface area (Å²) in [6, 6.07) is 5.27. The van der Waals surface area contributed by atoms with E-state index in [1.54, 1.807) is 0 Å². The van der Waals surface area contributed by atoms with Crippen molar-refractivity contribution in [2.24, 2.45) is 5.73 Å². The maximum absolute atomic E-state index is 5.88. The molecule has 0 radical (unpaired) electrons. The summed E-state index contributed by atoms with van der Waals surface area (Å²) in [6.07, 6.45) is 6.35. The summed E-state index contributed by atoms with van der Waals surface area (Å²) in [5.41, 5.74) is 7.18. The van der Waals surface area contributed by atoms with Crippen molar-refractivity contribution in [3.63, 3.8) is 0 Å². The Bertz CT molecular complexity index is 295. The van der Waals surface area contributed by atoms with Crippen LogP contribution in [0.25, 0.3) is 0 Å². The molecule has 15 heavy (non-hydrogen) atoms. The number of likely N-dealkylation sites (N-methyl/N-ethyl adjacent to an activating group) is 1. The molecule has 1 aliphatic carbocycles. The van der Waals surface area contributed by atoms with E-state index in [1.165, 1.54) is 18.4 Å². The minimum Gasteiger partial charge on any atom is -0.329 e. The van der Waals surface area contributed by atoms with E-state index in [0.717, 1.165) is 12.6 Å². The monoisotopic (exact) mass is 205 g/mol. The maximum atomic E-state index is 5.88. The van der Waals surface area contributed by atoms with Crippen molar-refractivity contribution >= 4 is 0 Å². The Kier molecular flexibility index (Phi) is 3.34. The fourth-order valence-electron chi connectivity index (χ4n) is 2.19. The van der Waals surface area contributed by atoms with Gasteiger partial charge in [0.1, 0.15) is 0 Å². The molecule has 2 rings (SSSR count). The van der Waals surface area contributed by atoms with Crippen molar-refractivity contribution in [1.82, 2.24) is 9.88 Å². The van der Waals surface area contributed by atoms with Gasteiger partial charge in [0, 0.05) is 31.0 Å². The molecule has 3 heteroatoms. The minimum atomic E-state index is 0.366. The van der Waals surface area contributed by atoms with Crippen LogP contribution >= 0.6 is 0 Å². The molecule has 1 aromatic rings. The molecule has 1 fully saturated rings. The summed E-state index contributed by atoms with van der Waals surface area (Å²) in [4.78, 5) is 6.56. The molecule has 1 aliphatic rings. The summed E-state index contributed by atoms with van der Waals surface area (Å²) < 4.78 is 0. The van der Waals surface area contributed by atoms with Crippen LogP contribution in [0.5, 0.6) is 0 Å². The number of nitrogens with zero attached hydrogens (tertiary/aromatic N) is 2. The topological polar surface area (TPSA) is 42.1 Å². The molecular formula is C12H19N3. The Balaban J connectivity index is 2.15. The standard InChI is InChI=1S/C12H19N3/c1-2-15(11-3-4-11)12(9-13)10-5-7-14-8-6-10/h5-8,11-12H,2-4,9,13H2,1H3. The van der Waals surface area contributed by atoms with Crippen LogP contribution in [0.3, 0.4) is 0 Å². The van der Waals surface area contributed by atoms with Gasteiger partial charge in [0.2, 0.25) is 0 Å². The van der Waals surface area contributed by atoms with Gasteiger partial charge in [-0.15, -0.1) is 0 Å². The Morgan fingerprint density at radius 3 is 2.60 bits per heavy atom. The van der Waals surface area contributed by atoms with Gasteiger partial charge in [-0.2, -0.15) is 0 Å². The number of hydrogen-bond acceptors (Lipinski definition) is 3. The lowest BCUT2D eigenvalue weighted by molar-refractivity contribution is 0.202. The third-order valence-electron chi connectivity index (χ3n) is 3.10. The summed E-state index contributed by atoms with van der Waals surface area (Å²) in [5, 5.41) is 0. The number of rotatable bonds is 5. The normalized spacial score (nSPS) is 18.1. The third kappa shape index (κ3) is 2.36. The average molecular weight is 205 g/mol. The highest BCUT2D eigenvalue weighted by Gasteiger charge is 2.32. The van der Waals surface area contributed by atoms with E-state index in [-0.39, 0.29) is 0 Å². The molecule has 0 spiro atoms. The smallest absolute Gasteiger partial charge is 0.0474 e. The van der Waals surface area contributed by atoms with Gasteiger partial charge in [-0.05, 0) is 37.1 Å². The molecule has 2 N–H and O–H groups in total. The van der Waals surface area contributed by atoms with Crippen LogP contribution in [0.1, 0.15) is 31.4 Å². The second-order valence-electron chi connectivity index (χ2n) is 4.09. The van der Waals surface area contributed by atoms with E-state index in [4.69, 9.17) is 5.73 Å². The van der Waals surface area contributed by atoms with E-state index in [9.17, 15) is 0 Å². The van der Waals surface area contributed by atoms with Crippen molar-refractivity contribution < 1.29 is 0 Å². The van der Waals surface area contributed by atoms with E-state index < -0.39 is 0 Å². The summed E-state index contributed by atoms with van der Waals surface area (Å²) in [5.74, 6) is 0. The lowest BCUT2D eigenvalue weighted by Crippen LogP contribution is -2.35. The number of hydrogen-bond donors (Lipinski definition) is 1. The number of pyridine rings is 1. The van der Waals surface area contributed by atoms with E-state index in [0.29, 0.717) is 12.6 Å². The summed E-state index contributed by atoms with van der Waals surface area (Å²) >= 11 is 0. The van der Waals surface area contributed by atoms with E-state index >= 15 is 0 Å². The zero-order valence-corrected chi connectivity index (χ0v) is 9.26. The van der Waals surface area contributed by atoms with Gasteiger partial charge >= 0.3 is 0 Å². The zero-order chi connectivity index (χ0) is 10.7. The highest BCUT2D eigenvalue weighted by atomic mass is 15.2. The van der Waals surface area contributed by atoms with Crippen LogP contribution in [-0.2, 0) is 0 Å². The van der Waals surface area contributed by atoms with Gasteiger partial charge in [0.25, 0.3) is 0 Å². The van der Waals surface area contributed by atoms with Crippen LogP contribution in [0.2, 0.25) is 0 Å². The van der Waals surface area contributed by atoms with Crippen molar-refractivity contribution in [2.75, 3.05) is 13.1 Å². The molecule has 0 bridgehead atoms. The van der Waals surface area contributed by atoms with Crippen LogP contribution in [0.15, 0.2) is 24.5 Å². The summed E-state index contributed by atoms with van der Waals surface area (Å²) in [6.45, 7) is 3.98. The molecule has 3 nitrogen and oxygen atoms in total. The lowest BCUT2D eigenvalue weighted by Gasteiger charge is -2.30. The summed E-state index contributed by atoms with van der Waals surface area (Å²) in [7, 11) is 0. The molecule has 0 aromatic carbocycles. The van der Waals surface area contributed by atoms with Crippen molar-refractivity contribution in [1.29, 1.82) is 0 Å². The largest absolute Gasteiger partial charge is 0.329 e. The minimum absolute atomic E-state index is 0.366. The van der Waals surface area contributed by atoms with Crippen LogP contribution < -0.4 is 5.73 Å². The van der Waals surface area contributed by atoms with Gasteiger partial charge in [0.15, 0.2) is 0 Å². The maximum Gasteiger partial charge on any atom is 0.0474 e. The molecule has 0 aliphatic heterocycles. The highest BCUT2D eigenvalue weighted by Crippen LogP contribution is 2.33.